The summed E-state index contributed by atoms with van der Waals surface area (Å²) < 4.78 is 19.6. The van der Waals surface area contributed by atoms with Crippen LogP contribution in [0.1, 0.15) is 124 Å². The highest BCUT2D eigenvalue weighted by Crippen LogP contribution is 2.40. The van der Waals surface area contributed by atoms with Gasteiger partial charge in [-0.05, 0) is 50.2 Å². The number of unbranched alkanes of at least 4 members (excludes halogenated alkanes) is 9. The maximum absolute atomic E-state index is 9.41. The van der Waals surface area contributed by atoms with E-state index in [0.717, 1.165) is 32.1 Å². The maximum Gasteiger partial charge on any atom is 0.192 e. The van der Waals surface area contributed by atoms with E-state index in [1.165, 1.54) is 64.2 Å². The molecule has 0 aliphatic carbocycles. The molecule has 0 spiro atoms. The lowest BCUT2D eigenvalue weighted by Crippen LogP contribution is -2.47. The summed E-state index contributed by atoms with van der Waals surface area (Å²) in [7, 11) is -1.85. The van der Waals surface area contributed by atoms with E-state index >= 15 is 0 Å². The SMILES string of the molecule is CCCCCCCCCCCC[C@H](O[Si](C)(C)C(C)(C)C)[C@@H]1CC[C@@H]([C@H]2CC[C@H](CO)O2)O1. The van der Waals surface area contributed by atoms with Gasteiger partial charge >= 0.3 is 0 Å². The lowest BCUT2D eigenvalue weighted by atomic mass is 10.0. The van der Waals surface area contributed by atoms with Crippen molar-refractivity contribution in [3.05, 3.63) is 0 Å². The van der Waals surface area contributed by atoms with Crippen LogP contribution in [0.3, 0.4) is 0 Å². The largest absolute Gasteiger partial charge is 0.411 e. The number of aliphatic hydroxyl groups is 1. The molecule has 0 radical (unpaired) electrons. The Bertz CT molecular complexity index is 519. The van der Waals surface area contributed by atoms with E-state index in [1.54, 1.807) is 0 Å². The smallest absolute Gasteiger partial charge is 0.192 e. The first-order valence-corrected chi connectivity index (χ1v) is 17.2. The van der Waals surface area contributed by atoms with Gasteiger partial charge in [-0.3, -0.25) is 0 Å². The molecule has 0 saturated carbocycles. The fourth-order valence-corrected chi connectivity index (χ4v) is 6.47. The zero-order valence-electron chi connectivity index (χ0n) is 22.9. The van der Waals surface area contributed by atoms with Crippen LogP contribution in [0.4, 0.5) is 0 Å². The van der Waals surface area contributed by atoms with Crippen molar-refractivity contribution in [2.45, 2.75) is 173 Å². The zero-order valence-corrected chi connectivity index (χ0v) is 23.9. The van der Waals surface area contributed by atoms with Crippen LogP contribution in [-0.2, 0) is 13.9 Å². The third kappa shape index (κ3) is 9.91. The van der Waals surface area contributed by atoms with Crippen molar-refractivity contribution in [3.63, 3.8) is 0 Å². The van der Waals surface area contributed by atoms with E-state index < -0.39 is 8.32 Å². The monoisotopic (exact) mass is 484 g/mol. The molecular formula is C28H56O4Si. The van der Waals surface area contributed by atoms with E-state index in [4.69, 9.17) is 13.9 Å². The lowest BCUT2D eigenvalue weighted by Gasteiger charge is -2.41. The van der Waals surface area contributed by atoms with Crippen LogP contribution < -0.4 is 0 Å². The summed E-state index contributed by atoms with van der Waals surface area (Å²) in [5, 5.41) is 9.62. The highest BCUT2D eigenvalue weighted by molar-refractivity contribution is 6.74. The van der Waals surface area contributed by atoms with Crippen molar-refractivity contribution >= 4 is 8.32 Å². The number of ether oxygens (including phenoxy) is 2. The molecule has 0 unspecified atom stereocenters. The van der Waals surface area contributed by atoms with E-state index in [-0.39, 0.29) is 42.2 Å². The van der Waals surface area contributed by atoms with Crippen LogP contribution in [0.25, 0.3) is 0 Å². The summed E-state index contributed by atoms with van der Waals surface area (Å²) in [4.78, 5) is 0. The van der Waals surface area contributed by atoms with Crippen molar-refractivity contribution in [2.24, 2.45) is 0 Å². The number of rotatable bonds is 16. The van der Waals surface area contributed by atoms with Gasteiger partial charge in [0.05, 0.1) is 37.1 Å². The van der Waals surface area contributed by atoms with Gasteiger partial charge in [-0.15, -0.1) is 0 Å². The topological polar surface area (TPSA) is 47.9 Å². The standard InChI is InChI=1S/C28H56O4Si/c1-7-8-9-10-11-12-13-14-15-16-17-27(32-33(5,6)28(2,3)4)26-21-20-25(31-26)24-19-18-23(22-29)30-24/h23-27,29H,7-22H2,1-6H3/t23-,24-,25+,26+,27+/m1/s1. The molecule has 0 aromatic heterocycles. The summed E-state index contributed by atoms with van der Waals surface area (Å²) >= 11 is 0. The maximum atomic E-state index is 9.41. The Morgan fingerprint density at radius 2 is 1.36 bits per heavy atom. The third-order valence-electron chi connectivity index (χ3n) is 8.35. The molecule has 4 nitrogen and oxygen atoms in total. The van der Waals surface area contributed by atoms with E-state index in [1.807, 2.05) is 0 Å². The second kappa shape index (κ2) is 14.6. The molecule has 0 aromatic rings. The summed E-state index contributed by atoms with van der Waals surface area (Å²) in [6.45, 7) is 14.1. The Kier molecular flexibility index (Phi) is 12.9. The predicted molar refractivity (Wildman–Crippen MR) is 141 cm³/mol. The molecule has 2 fully saturated rings. The molecule has 0 bridgehead atoms. The van der Waals surface area contributed by atoms with Gasteiger partial charge in [0.25, 0.3) is 0 Å². The molecule has 2 saturated heterocycles. The van der Waals surface area contributed by atoms with Crippen molar-refractivity contribution in [2.75, 3.05) is 6.61 Å². The van der Waals surface area contributed by atoms with E-state index in [2.05, 4.69) is 40.8 Å². The molecule has 2 aliphatic rings. The van der Waals surface area contributed by atoms with Crippen LogP contribution in [0.5, 0.6) is 0 Å². The summed E-state index contributed by atoms with van der Waals surface area (Å²) in [6.07, 6.45) is 19.6. The molecule has 33 heavy (non-hydrogen) atoms. The van der Waals surface area contributed by atoms with E-state index in [9.17, 15) is 5.11 Å². The molecule has 2 rings (SSSR count). The first-order valence-electron chi connectivity index (χ1n) is 14.3. The van der Waals surface area contributed by atoms with Crippen LogP contribution in [0.15, 0.2) is 0 Å². The Hall–Kier alpha value is 0.0569. The highest BCUT2D eigenvalue weighted by Gasteiger charge is 2.44. The van der Waals surface area contributed by atoms with Crippen molar-refractivity contribution in [1.29, 1.82) is 0 Å². The first-order chi connectivity index (χ1) is 15.7. The minimum atomic E-state index is -1.85. The second-order valence-corrected chi connectivity index (χ2v) is 17.0. The quantitative estimate of drug-likeness (QED) is 0.179. The Balaban J connectivity index is 1.79. The van der Waals surface area contributed by atoms with Gasteiger partial charge in [0.1, 0.15) is 0 Å². The lowest BCUT2D eigenvalue weighted by molar-refractivity contribution is -0.0958. The van der Waals surface area contributed by atoms with Gasteiger partial charge in [0.2, 0.25) is 0 Å². The van der Waals surface area contributed by atoms with E-state index in [0.29, 0.717) is 0 Å². The van der Waals surface area contributed by atoms with Crippen molar-refractivity contribution in [3.8, 4) is 0 Å². The molecule has 0 amide bonds. The fourth-order valence-electron chi connectivity index (χ4n) is 5.09. The average Bonchev–Trinajstić information content (AvgIpc) is 3.42. The minimum absolute atomic E-state index is 0.00331. The number of hydrogen-bond donors (Lipinski definition) is 1. The highest BCUT2D eigenvalue weighted by atomic mass is 28.4. The molecule has 1 N–H and O–H groups in total. The minimum Gasteiger partial charge on any atom is -0.411 e. The van der Waals surface area contributed by atoms with Crippen LogP contribution in [0.2, 0.25) is 18.1 Å². The van der Waals surface area contributed by atoms with Gasteiger partial charge in [-0.1, -0.05) is 91.9 Å². The van der Waals surface area contributed by atoms with Crippen LogP contribution >= 0.6 is 0 Å². The Morgan fingerprint density at radius 3 is 1.91 bits per heavy atom. The fraction of sp³-hybridized carbons (Fsp3) is 1.00. The molecule has 2 heterocycles. The predicted octanol–water partition coefficient (Wildman–Crippen LogP) is 7.78. The Morgan fingerprint density at radius 1 is 0.818 bits per heavy atom. The zero-order chi connectivity index (χ0) is 24.3. The first kappa shape index (κ1) is 29.3. The van der Waals surface area contributed by atoms with Crippen LogP contribution in [-0.4, -0.2) is 50.6 Å². The average molecular weight is 485 g/mol. The third-order valence-corrected chi connectivity index (χ3v) is 12.9. The normalized spacial score (nSPS) is 27.4. The summed E-state index contributed by atoms with van der Waals surface area (Å²) in [5.41, 5.74) is 0. The number of hydrogen-bond acceptors (Lipinski definition) is 4. The van der Waals surface area contributed by atoms with Gasteiger partial charge in [0, 0.05) is 0 Å². The second-order valence-electron chi connectivity index (χ2n) is 12.2. The van der Waals surface area contributed by atoms with Crippen LogP contribution in [0, 0.1) is 0 Å². The van der Waals surface area contributed by atoms with Gasteiger partial charge in [-0.2, -0.15) is 0 Å². The Labute approximate surface area is 206 Å². The molecule has 5 atom stereocenters. The molecular weight excluding hydrogens is 428 g/mol. The molecule has 196 valence electrons. The molecule has 0 aromatic carbocycles. The van der Waals surface area contributed by atoms with Crippen molar-refractivity contribution < 1.29 is 19.0 Å². The van der Waals surface area contributed by atoms with Gasteiger partial charge in [0.15, 0.2) is 8.32 Å². The van der Waals surface area contributed by atoms with Crippen molar-refractivity contribution in [1.82, 2.24) is 0 Å². The summed E-state index contributed by atoms with van der Waals surface area (Å²) in [5.74, 6) is 0. The van der Waals surface area contributed by atoms with Gasteiger partial charge in [-0.25, -0.2) is 0 Å². The molecule has 2 aliphatic heterocycles. The summed E-state index contributed by atoms with van der Waals surface area (Å²) in [6, 6.07) is 0. The molecule has 5 heteroatoms. The number of aliphatic hydroxyl groups excluding tert-OH is 1. The van der Waals surface area contributed by atoms with Gasteiger partial charge < -0.3 is 19.0 Å².